The van der Waals surface area contributed by atoms with Crippen LogP contribution < -0.4 is 10.4 Å². The van der Waals surface area contributed by atoms with Gasteiger partial charge in [-0.25, -0.2) is 9.59 Å². The average Bonchev–Trinajstić information content (AvgIpc) is 3.04. The van der Waals surface area contributed by atoms with E-state index in [0.29, 0.717) is 23.2 Å². The van der Waals surface area contributed by atoms with Gasteiger partial charge >= 0.3 is 11.6 Å². The van der Waals surface area contributed by atoms with Gasteiger partial charge in [0.05, 0.1) is 0 Å². The number of benzene rings is 1. The van der Waals surface area contributed by atoms with Crippen LogP contribution in [0.3, 0.4) is 0 Å². The summed E-state index contributed by atoms with van der Waals surface area (Å²) >= 11 is 0. The Balaban J connectivity index is 1.03. The van der Waals surface area contributed by atoms with E-state index in [-0.39, 0.29) is 29.7 Å². The van der Waals surface area contributed by atoms with E-state index in [0.717, 1.165) is 77.7 Å². The highest BCUT2D eigenvalue weighted by Crippen LogP contribution is 2.65. The Morgan fingerprint density at radius 3 is 2.62 bits per heavy atom. The molecule has 0 radical (unpaired) electrons. The normalized spacial score (nSPS) is 32.2. The zero-order chi connectivity index (χ0) is 34.2. The van der Waals surface area contributed by atoms with Crippen LogP contribution in [0.25, 0.3) is 11.0 Å². The van der Waals surface area contributed by atoms with Gasteiger partial charge in [0.25, 0.3) is 0 Å². The number of allylic oxidation sites excluding steroid dienone is 1. The molecule has 4 aliphatic carbocycles. The van der Waals surface area contributed by atoms with E-state index < -0.39 is 0 Å². The van der Waals surface area contributed by atoms with Crippen molar-refractivity contribution in [1.82, 2.24) is 0 Å². The zero-order valence-corrected chi connectivity index (χ0v) is 31.0. The minimum Gasteiger partial charge on any atom is -0.482 e. The molecule has 1 aromatic heterocycles. The lowest BCUT2D eigenvalue weighted by Gasteiger charge is -2.61. The Kier molecular flexibility index (Phi) is 10.5. The summed E-state index contributed by atoms with van der Waals surface area (Å²) in [5.41, 5.74) is 4.14. The molecule has 0 bridgehead atoms. The van der Waals surface area contributed by atoms with Crippen molar-refractivity contribution in [3.8, 4) is 5.75 Å². The van der Waals surface area contributed by atoms with Crippen LogP contribution in [0.5, 0.6) is 5.75 Å². The number of carbonyl (C=O) groups is 1. The molecule has 0 amide bonds. The molecular formula is C43H62O5. The first kappa shape index (κ1) is 35.3. The van der Waals surface area contributed by atoms with Crippen molar-refractivity contribution in [3.05, 3.63) is 51.4 Å². The second-order valence-electron chi connectivity index (χ2n) is 17.3. The Morgan fingerprint density at radius 1 is 1.04 bits per heavy atom. The third-order valence-electron chi connectivity index (χ3n) is 13.8. The monoisotopic (exact) mass is 658 g/mol. The van der Waals surface area contributed by atoms with Gasteiger partial charge in [0, 0.05) is 23.4 Å². The minimum atomic E-state index is -0.336. The second-order valence-corrected chi connectivity index (χ2v) is 17.3. The Hall–Kier alpha value is -2.56. The predicted molar refractivity (Wildman–Crippen MR) is 194 cm³/mol. The molecule has 0 aliphatic heterocycles. The Morgan fingerprint density at radius 2 is 1.85 bits per heavy atom. The molecule has 8 atom stereocenters. The average molecular weight is 659 g/mol. The molecule has 0 saturated heterocycles. The van der Waals surface area contributed by atoms with E-state index in [1.54, 1.807) is 6.07 Å². The van der Waals surface area contributed by atoms with Crippen LogP contribution >= 0.6 is 0 Å². The molecule has 3 saturated carbocycles. The number of esters is 1. The maximum atomic E-state index is 13.0. The third-order valence-corrected chi connectivity index (χ3v) is 13.8. The van der Waals surface area contributed by atoms with E-state index in [2.05, 4.69) is 47.6 Å². The summed E-state index contributed by atoms with van der Waals surface area (Å²) in [4.78, 5) is 25.5. The number of hydrogen-bond donors (Lipinski definition) is 0. The standard InChI is InChI=1S/C43H62O5/c1-8-10-35-29(5)34-17-15-32(24-39(34)48-41(35)45)46-26-40(44)47-33-19-22-43(7)31(23-33)14-16-36-37-18-13-30(28(4)12-9-11-27(2)3)25-42(37,6)21-20-38(36)43/h14-15,17,24,27-28,30,33,36-38H,8-13,16,18-23,25-26H2,1-7H3/t28-,30+,33-,36-,37+,38+,42-,43+/m1/s1. The fourth-order valence-corrected chi connectivity index (χ4v) is 11.0. The van der Waals surface area contributed by atoms with Crippen LogP contribution in [0, 0.1) is 53.3 Å². The van der Waals surface area contributed by atoms with Crippen molar-refractivity contribution >= 4 is 16.9 Å². The molecule has 4 aliphatic rings. The molecule has 3 fully saturated rings. The summed E-state index contributed by atoms with van der Waals surface area (Å²) in [6, 6.07) is 5.45. The number of fused-ring (bicyclic) bond motifs is 6. The smallest absolute Gasteiger partial charge is 0.344 e. The SMILES string of the molecule is CCCc1c(C)c2ccc(OCC(=O)O[C@@H]3CC[C@@]4(C)C(=CC[C@@H]5[C@@H]6CC[C@H]([C@H](C)CCCC(C)C)C[C@@]6(C)CC[C@@H]54)C3)cc2oc1=O. The van der Waals surface area contributed by atoms with Gasteiger partial charge in [0.1, 0.15) is 17.4 Å². The molecule has 2 aromatic rings. The summed E-state index contributed by atoms with van der Waals surface area (Å²) in [6.07, 6.45) is 19.3. The van der Waals surface area contributed by atoms with Gasteiger partial charge in [-0.15, -0.1) is 0 Å². The van der Waals surface area contributed by atoms with Gasteiger partial charge in [0.2, 0.25) is 0 Å². The van der Waals surface area contributed by atoms with Crippen molar-refractivity contribution < 1.29 is 18.7 Å². The van der Waals surface area contributed by atoms with Crippen molar-refractivity contribution in [2.24, 2.45) is 46.3 Å². The van der Waals surface area contributed by atoms with Gasteiger partial charge in [-0.1, -0.05) is 78.9 Å². The van der Waals surface area contributed by atoms with Crippen LogP contribution in [0.15, 0.2) is 39.1 Å². The molecule has 264 valence electrons. The lowest BCUT2D eigenvalue weighted by atomic mass is 9.44. The van der Waals surface area contributed by atoms with Gasteiger partial charge < -0.3 is 13.9 Å². The van der Waals surface area contributed by atoms with E-state index in [4.69, 9.17) is 13.9 Å². The van der Waals surface area contributed by atoms with Gasteiger partial charge in [0.15, 0.2) is 6.61 Å². The molecule has 5 heteroatoms. The number of rotatable bonds is 11. The first-order chi connectivity index (χ1) is 22.9. The molecule has 1 heterocycles. The van der Waals surface area contributed by atoms with E-state index in [1.165, 1.54) is 63.4 Å². The molecular weight excluding hydrogens is 596 g/mol. The summed E-state index contributed by atoms with van der Waals surface area (Å²) < 4.78 is 17.4. The van der Waals surface area contributed by atoms with E-state index in [9.17, 15) is 9.59 Å². The molecule has 1 aromatic carbocycles. The molecule has 6 rings (SSSR count). The summed E-state index contributed by atoms with van der Waals surface area (Å²) in [5, 5.41) is 0.901. The summed E-state index contributed by atoms with van der Waals surface area (Å²) in [6.45, 7) is 16.3. The highest BCUT2D eigenvalue weighted by atomic mass is 16.6. The maximum Gasteiger partial charge on any atom is 0.344 e. The van der Waals surface area contributed by atoms with Crippen molar-refractivity contribution in [3.63, 3.8) is 0 Å². The third kappa shape index (κ3) is 7.04. The van der Waals surface area contributed by atoms with Crippen molar-refractivity contribution in [1.29, 1.82) is 0 Å². The summed E-state index contributed by atoms with van der Waals surface area (Å²) in [7, 11) is 0. The van der Waals surface area contributed by atoms with Crippen molar-refractivity contribution in [2.75, 3.05) is 6.61 Å². The second kappa shape index (κ2) is 14.4. The molecule has 0 unspecified atom stereocenters. The largest absolute Gasteiger partial charge is 0.482 e. The van der Waals surface area contributed by atoms with Crippen LogP contribution in [0.4, 0.5) is 0 Å². The Bertz CT molecular complexity index is 1550. The molecule has 0 spiro atoms. The molecule has 5 nitrogen and oxygen atoms in total. The number of carbonyl (C=O) groups excluding carboxylic acids is 1. The number of ether oxygens (including phenoxy) is 2. The number of aryl methyl sites for hydroxylation is 1. The highest BCUT2D eigenvalue weighted by Gasteiger charge is 2.56. The number of hydrogen-bond acceptors (Lipinski definition) is 5. The fraction of sp³-hybridized carbons (Fsp3) is 0.721. The van der Waals surface area contributed by atoms with E-state index in [1.807, 2.05) is 19.1 Å². The lowest BCUT2D eigenvalue weighted by molar-refractivity contribution is -0.154. The van der Waals surface area contributed by atoms with Gasteiger partial charge in [-0.05, 0) is 129 Å². The quantitative estimate of drug-likeness (QED) is 0.137. The highest BCUT2D eigenvalue weighted by molar-refractivity contribution is 5.82. The summed E-state index contributed by atoms with van der Waals surface area (Å²) in [5.74, 6) is 5.15. The first-order valence-corrected chi connectivity index (χ1v) is 19.5. The van der Waals surface area contributed by atoms with Crippen molar-refractivity contribution in [2.45, 2.75) is 144 Å². The van der Waals surface area contributed by atoms with Crippen LogP contribution in [-0.4, -0.2) is 18.7 Å². The maximum absolute atomic E-state index is 13.0. The molecule has 48 heavy (non-hydrogen) atoms. The lowest BCUT2D eigenvalue weighted by Crippen LogP contribution is -2.52. The topological polar surface area (TPSA) is 65.7 Å². The van der Waals surface area contributed by atoms with Crippen LogP contribution in [0.1, 0.15) is 136 Å². The Labute approximate surface area is 289 Å². The van der Waals surface area contributed by atoms with Crippen LogP contribution in [-0.2, 0) is 16.0 Å². The minimum absolute atomic E-state index is 0.0901. The zero-order valence-electron chi connectivity index (χ0n) is 31.0. The fourth-order valence-electron chi connectivity index (χ4n) is 11.0. The van der Waals surface area contributed by atoms with Crippen LogP contribution in [0.2, 0.25) is 0 Å². The van der Waals surface area contributed by atoms with Gasteiger partial charge in [-0.3, -0.25) is 0 Å². The first-order valence-electron chi connectivity index (χ1n) is 19.5. The van der Waals surface area contributed by atoms with Gasteiger partial charge in [-0.2, -0.15) is 0 Å². The predicted octanol–water partition coefficient (Wildman–Crippen LogP) is 10.8. The molecule has 0 N–H and O–H groups in total. The van der Waals surface area contributed by atoms with E-state index >= 15 is 0 Å².